The number of imidazole rings is 1. The summed E-state index contributed by atoms with van der Waals surface area (Å²) in [6.07, 6.45) is 4.62. The van der Waals surface area contributed by atoms with E-state index in [1.165, 1.54) is 5.56 Å². The molecule has 3 heteroatoms. The van der Waals surface area contributed by atoms with Crippen LogP contribution in [0.5, 0.6) is 5.75 Å². The maximum atomic E-state index is 9.45. The van der Waals surface area contributed by atoms with Gasteiger partial charge in [0.1, 0.15) is 11.6 Å². The molecule has 0 saturated heterocycles. The van der Waals surface area contributed by atoms with E-state index < -0.39 is 0 Å². The summed E-state index contributed by atoms with van der Waals surface area (Å²) in [6, 6.07) is 5.69. The standard InChI is InChI=1S/C13H16N2O/c1-3-15-7-6-14-13(15)9-11-4-5-12(16)10(2)8-11/h4-8,16H,3,9H2,1-2H3. The van der Waals surface area contributed by atoms with Gasteiger partial charge in [-0.2, -0.15) is 0 Å². The molecule has 0 aliphatic heterocycles. The summed E-state index contributed by atoms with van der Waals surface area (Å²) in [6.45, 7) is 4.95. The molecule has 2 rings (SSSR count). The number of phenolic OH excluding ortho intramolecular Hbond substituents is 1. The van der Waals surface area contributed by atoms with Crippen molar-refractivity contribution < 1.29 is 5.11 Å². The molecule has 1 aromatic heterocycles. The molecule has 1 aromatic carbocycles. The molecule has 0 atom stereocenters. The first-order chi connectivity index (χ1) is 7.70. The number of aromatic hydroxyl groups is 1. The third-order valence-corrected chi connectivity index (χ3v) is 2.77. The lowest BCUT2D eigenvalue weighted by molar-refractivity contribution is 0.471. The minimum absolute atomic E-state index is 0.350. The van der Waals surface area contributed by atoms with E-state index in [1.54, 1.807) is 6.07 Å². The first-order valence-electron chi connectivity index (χ1n) is 5.49. The molecular weight excluding hydrogens is 200 g/mol. The van der Waals surface area contributed by atoms with Gasteiger partial charge in [-0.15, -0.1) is 0 Å². The Bertz CT molecular complexity index is 488. The molecule has 0 aliphatic rings. The fraction of sp³-hybridized carbons (Fsp3) is 0.308. The van der Waals surface area contributed by atoms with E-state index in [4.69, 9.17) is 0 Å². The molecule has 3 nitrogen and oxygen atoms in total. The summed E-state index contributed by atoms with van der Waals surface area (Å²) in [7, 11) is 0. The third kappa shape index (κ3) is 2.08. The maximum Gasteiger partial charge on any atom is 0.118 e. The summed E-state index contributed by atoms with van der Waals surface area (Å²) in [5.74, 6) is 1.41. The Hall–Kier alpha value is -1.77. The van der Waals surface area contributed by atoms with Gasteiger partial charge in [-0.1, -0.05) is 12.1 Å². The molecule has 84 valence electrons. The number of hydrogen-bond acceptors (Lipinski definition) is 2. The van der Waals surface area contributed by atoms with Gasteiger partial charge in [0, 0.05) is 25.4 Å². The van der Waals surface area contributed by atoms with Crippen LogP contribution in [0, 0.1) is 6.92 Å². The van der Waals surface area contributed by atoms with E-state index in [1.807, 2.05) is 31.5 Å². The number of benzene rings is 1. The van der Waals surface area contributed by atoms with Gasteiger partial charge in [-0.25, -0.2) is 4.98 Å². The number of hydrogen-bond donors (Lipinski definition) is 1. The summed E-state index contributed by atoms with van der Waals surface area (Å²) in [5.41, 5.74) is 2.09. The van der Waals surface area contributed by atoms with Crippen molar-refractivity contribution in [3.63, 3.8) is 0 Å². The van der Waals surface area contributed by atoms with E-state index in [0.717, 1.165) is 24.4 Å². The molecule has 1 heterocycles. The van der Waals surface area contributed by atoms with E-state index in [0.29, 0.717) is 5.75 Å². The first-order valence-corrected chi connectivity index (χ1v) is 5.49. The Morgan fingerprint density at radius 3 is 2.88 bits per heavy atom. The second kappa shape index (κ2) is 4.39. The minimum Gasteiger partial charge on any atom is -0.508 e. The van der Waals surface area contributed by atoms with Gasteiger partial charge in [0.05, 0.1) is 0 Å². The highest BCUT2D eigenvalue weighted by molar-refractivity contribution is 5.36. The largest absolute Gasteiger partial charge is 0.508 e. The van der Waals surface area contributed by atoms with E-state index in [-0.39, 0.29) is 0 Å². The van der Waals surface area contributed by atoms with Crippen molar-refractivity contribution in [3.8, 4) is 5.75 Å². The van der Waals surface area contributed by atoms with Crippen LogP contribution in [-0.4, -0.2) is 14.7 Å². The average molecular weight is 216 g/mol. The van der Waals surface area contributed by atoms with Crippen LogP contribution >= 0.6 is 0 Å². The van der Waals surface area contributed by atoms with Gasteiger partial charge in [0.2, 0.25) is 0 Å². The van der Waals surface area contributed by atoms with Crippen LogP contribution in [0.15, 0.2) is 30.6 Å². The van der Waals surface area contributed by atoms with Crippen molar-refractivity contribution in [1.29, 1.82) is 0 Å². The normalized spacial score (nSPS) is 10.6. The van der Waals surface area contributed by atoms with Crippen molar-refractivity contribution in [2.75, 3.05) is 0 Å². The molecule has 0 radical (unpaired) electrons. The van der Waals surface area contributed by atoms with Crippen LogP contribution < -0.4 is 0 Å². The summed E-state index contributed by atoms with van der Waals surface area (Å²) >= 11 is 0. The Kier molecular flexibility index (Phi) is 2.95. The van der Waals surface area contributed by atoms with Gasteiger partial charge in [-0.05, 0) is 31.0 Å². The number of phenols is 1. The van der Waals surface area contributed by atoms with Crippen molar-refractivity contribution in [1.82, 2.24) is 9.55 Å². The second-order valence-corrected chi connectivity index (χ2v) is 3.93. The summed E-state index contributed by atoms with van der Waals surface area (Å²) in [4.78, 5) is 4.33. The first kappa shape index (κ1) is 10.7. The van der Waals surface area contributed by atoms with Crippen molar-refractivity contribution in [2.45, 2.75) is 26.8 Å². The van der Waals surface area contributed by atoms with Gasteiger partial charge >= 0.3 is 0 Å². The average Bonchev–Trinajstić information content (AvgIpc) is 2.71. The van der Waals surface area contributed by atoms with Gasteiger partial charge in [0.25, 0.3) is 0 Å². The molecule has 0 aliphatic carbocycles. The summed E-state index contributed by atoms with van der Waals surface area (Å²) < 4.78 is 2.13. The molecule has 0 unspecified atom stereocenters. The molecule has 0 spiro atoms. The SMILES string of the molecule is CCn1ccnc1Cc1ccc(O)c(C)c1. The molecule has 16 heavy (non-hydrogen) atoms. The van der Waals surface area contributed by atoms with Crippen LogP contribution in [0.3, 0.4) is 0 Å². The van der Waals surface area contributed by atoms with Gasteiger partial charge in [0.15, 0.2) is 0 Å². The maximum absolute atomic E-state index is 9.45. The van der Waals surface area contributed by atoms with E-state index >= 15 is 0 Å². The van der Waals surface area contributed by atoms with Crippen LogP contribution in [-0.2, 0) is 13.0 Å². The molecule has 0 fully saturated rings. The minimum atomic E-state index is 0.350. The molecule has 0 amide bonds. The predicted molar refractivity (Wildman–Crippen MR) is 63.6 cm³/mol. The zero-order valence-electron chi connectivity index (χ0n) is 9.64. The van der Waals surface area contributed by atoms with E-state index in [9.17, 15) is 5.11 Å². The summed E-state index contributed by atoms with van der Waals surface area (Å²) in [5, 5.41) is 9.45. The Morgan fingerprint density at radius 1 is 1.38 bits per heavy atom. The quantitative estimate of drug-likeness (QED) is 0.856. The van der Waals surface area contributed by atoms with E-state index in [2.05, 4.69) is 16.5 Å². The molecule has 0 bridgehead atoms. The highest BCUT2D eigenvalue weighted by Gasteiger charge is 2.04. The van der Waals surface area contributed by atoms with Gasteiger partial charge in [-0.3, -0.25) is 0 Å². The van der Waals surface area contributed by atoms with Crippen molar-refractivity contribution in [3.05, 3.63) is 47.5 Å². The smallest absolute Gasteiger partial charge is 0.118 e. The highest BCUT2D eigenvalue weighted by atomic mass is 16.3. The fourth-order valence-electron chi connectivity index (χ4n) is 1.81. The lowest BCUT2D eigenvalue weighted by Gasteiger charge is -2.06. The monoisotopic (exact) mass is 216 g/mol. The number of rotatable bonds is 3. The molecule has 2 aromatic rings. The Morgan fingerprint density at radius 2 is 2.19 bits per heavy atom. The van der Waals surface area contributed by atoms with Crippen LogP contribution in [0.1, 0.15) is 23.9 Å². The predicted octanol–water partition coefficient (Wildman–Crippen LogP) is 2.51. The lowest BCUT2D eigenvalue weighted by atomic mass is 10.1. The third-order valence-electron chi connectivity index (χ3n) is 2.77. The molecule has 1 N–H and O–H groups in total. The highest BCUT2D eigenvalue weighted by Crippen LogP contribution is 2.18. The van der Waals surface area contributed by atoms with Crippen LogP contribution in [0.25, 0.3) is 0 Å². The van der Waals surface area contributed by atoms with Crippen molar-refractivity contribution in [2.24, 2.45) is 0 Å². The van der Waals surface area contributed by atoms with Crippen LogP contribution in [0.2, 0.25) is 0 Å². The fourth-order valence-corrected chi connectivity index (χ4v) is 1.81. The number of aromatic nitrogens is 2. The topological polar surface area (TPSA) is 38.0 Å². The molecular formula is C13H16N2O. The van der Waals surface area contributed by atoms with Crippen LogP contribution in [0.4, 0.5) is 0 Å². The number of aryl methyl sites for hydroxylation is 2. The zero-order chi connectivity index (χ0) is 11.5. The molecule has 0 saturated carbocycles. The van der Waals surface area contributed by atoms with Crippen molar-refractivity contribution >= 4 is 0 Å². The zero-order valence-corrected chi connectivity index (χ0v) is 9.64. The Balaban J connectivity index is 2.24. The lowest BCUT2D eigenvalue weighted by Crippen LogP contribution is -2.01. The Labute approximate surface area is 95.4 Å². The van der Waals surface area contributed by atoms with Gasteiger partial charge < -0.3 is 9.67 Å². The number of nitrogens with zero attached hydrogens (tertiary/aromatic N) is 2. The second-order valence-electron chi connectivity index (χ2n) is 3.93.